The maximum atomic E-state index is 4.99. The minimum absolute atomic E-state index is 0.640. The molecule has 0 aliphatic carbocycles. The van der Waals surface area contributed by atoms with E-state index in [1.165, 1.54) is 9.88 Å². The number of aryl methyl sites for hydroxylation is 2. The summed E-state index contributed by atoms with van der Waals surface area (Å²) in [5.74, 6) is 0.838. The standard InChI is InChI=1S/C13H24N4OS/c1-5-14-13(16-8-9-18-4)15-7-6-12-17-10(2)11(3)19-12/h5-9H2,1-4H3,(H2,14,15,16). The molecule has 0 atom stereocenters. The molecule has 5 nitrogen and oxygen atoms in total. The lowest BCUT2D eigenvalue weighted by atomic mass is 10.4. The zero-order valence-electron chi connectivity index (χ0n) is 12.2. The molecule has 0 spiro atoms. The van der Waals surface area contributed by atoms with Crippen LogP contribution >= 0.6 is 11.3 Å². The first-order valence-electron chi connectivity index (χ1n) is 6.61. The molecule has 0 aromatic carbocycles. The summed E-state index contributed by atoms with van der Waals surface area (Å²) < 4.78 is 4.99. The Morgan fingerprint density at radius 2 is 2.16 bits per heavy atom. The van der Waals surface area contributed by atoms with Crippen LogP contribution in [0.1, 0.15) is 22.5 Å². The number of hydrogen-bond acceptors (Lipinski definition) is 4. The van der Waals surface area contributed by atoms with Crippen LogP contribution in [-0.2, 0) is 11.2 Å². The number of ether oxygens (including phenoxy) is 1. The molecule has 0 amide bonds. The van der Waals surface area contributed by atoms with Crippen LogP contribution in [-0.4, -0.2) is 44.3 Å². The van der Waals surface area contributed by atoms with Crippen molar-refractivity contribution in [2.24, 2.45) is 4.99 Å². The lowest BCUT2D eigenvalue weighted by molar-refractivity contribution is 0.208. The normalized spacial score (nSPS) is 11.7. The Morgan fingerprint density at radius 3 is 2.74 bits per heavy atom. The van der Waals surface area contributed by atoms with Gasteiger partial charge in [-0.05, 0) is 20.8 Å². The summed E-state index contributed by atoms with van der Waals surface area (Å²) in [7, 11) is 1.68. The van der Waals surface area contributed by atoms with Crippen molar-refractivity contribution in [3.8, 4) is 0 Å². The minimum Gasteiger partial charge on any atom is -0.383 e. The zero-order valence-corrected chi connectivity index (χ0v) is 13.1. The molecule has 1 aromatic rings. The summed E-state index contributed by atoms with van der Waals surface area (Å²) in [6, 6.07) is 0. The predicted molar refractivity (Wildman–Crippen MR) is 81.1 cm³/mol. The molecule has 0 bridgehead atoms. The molecule has 0 saturated carbocycles. The molecule has 0 aliphatic rings. The van der Waals surface area contributed by atoms with E-state index < -0.39 is 0 Å². The number of aliphatic imine (C=N–C) groups is 1. The van der Waals surface area contributed by atoms with Crippen molar-refractivity contribution in [3.05, 3.63) is 15.6 Å². The van der Waals surface area contributed by atoms with E-state index in [4.69, 9.17) is 4.74 Å². The average Bonchev–Trinajstić information content (AvgIpc) is 2.69. The van der Waals surface area contributed by atoms with Crippen molar-refractivity contribution in [2.75, 3.05) is 33.4 Å². The largest absolute Gasteiger partial charge is 0.383 e. The number of nitrogens with one attached hydrogen (secondary N) is 2. The molecule has 6 heteroatoms. The Hall–Kier alpha value is -1.14. The van der Waals surface area contributed by atoms with Crippen LogP contribution in [0.15, 0.2) is 4.99 Å². The van der Waals surface area contributed by atoms with Crippen molar-refractivity contribution >= 4 is 17.3 Å². The van der Waals surface area contributed by atoms with Gasteiger partial charge >= 0.3 is 0 Å². The summed E-state index contributed by atoms with van der Waals surface area (Å²) in [5, 5.41) is 7.69. The zero-order chi connectivity index (χ0) is 14.1. The highest BCUT2D eigenvalue weighted by Crippen LogP contribution is 2.16. The first kappa shape index (κ1) is 15.9. The topological polar surface area (TPSA) is 58.5 Å². The van der Waals surface area contributed by atoms with Crippen molar-refractivity contribution in [2.45, 2.75) is 27.2 Å². The van der Waals surface area contributed by atoms with Gasteiger partial charge in [0, 0.05) is 31.5 Å². The Morgan fingerprint density at radius 1 is 1.37 bits per heavy atom. The Kier molecular flexibility index (Phi) is 7.43. The highest BCUT2D eigenvalue weighted by molar-refractivity contribution is 7.11. The number of thiazole rings is 1. The van der Waals surface area contributed by atoms with Crippen LogP contribution < -0.4 is 10.6 Å². The maximum absolute atomic E-state index is 4.99. The molecule has 0 aliphatic heterocycles. The summed E-state index contributed by atoms with van der Waals surface area (Å²) in [6.07, 6.45) is 0.925. The van der Waals surface area contributed by atoms with E-state index in [0.717, 1.165) is 31.2 Å². The predicted octanol–water partition coefficient (Wildman–Crippen LogP) is 1.50. The Bertz CT molecular complexity index is 384. The van der Waals surface area contributed by atoms with Crippen molar-refractivity contribution < 1.29 is 4.74 Å². The van der Waals surface area contributed by atoms with Gasteiger partial charge in [-0.3, -0.25) is 4.99 Å². The second-order valence-electron chi connectivity index (χ2n) is 4.18. The molecular formula is C13H24N4OS. The van der Waals surface area contributed by atoms with Gasteiger partial charge in [0.1, 0.15) is 0 Å². The van der Waals surface area contributed by atoms with Crippen molar-refractivity contribution in [3.63, 3.8) is 0 Å². The van der Waals surface area contributed by atoms with Crippen molar-refractivity contribution in [1.82, 2.24) is 15.6 Å². The monoisotopic (exact) mass is 284 g/mol. The first-order valence-corrected chi connectivity index (χ1v) is 7.43. The number of nitrogens with zero attached hydrogens (tertiary/aromatic N) is 2. The molecule has 0 unspecified atom stereocenters. The summed E-state index contributed by atoms with van der Waals surface area (Å²) in [4.78, 5) is 10.2. The minimum atomic E-state index is 0.640. The van der Waals surface area contributed by atoms with Crippen LogP contribution in [0, 0.1) is 13.8 Å². The van der Waals surface area contributed by atoms with Gasteiger partial charge in [0.15, 0.2) is 5.96 Å². The van der Waals surface area contributed by atoms with Gasteiger partial charge in [0.05, 0.1) is 23.9 Å². The van der Waals surface area contributed by atoms with Gasteiger partial charge in [-0.15, -0.1) is 11.3 Å². The van der Waals surface area contributed by atoms with Gasteiger partial charge in [-0.2, -0.15) is 0 Å². The molecule has 0 radical (unpaired) electrons. The third-order valence-corrected chi connectivity index (χ3v) is 3.75. The smallest absolute Gasteiger partial charge is 0.191 e. The Balaban J connectivity index is 2.37. The molecule has 2 N–H and O–H groups in total. The molecular weight excluding hydrogens is 260 g/mol. The van der Waals surface area contributed by atoms with Crippen molar-refractivity contribution in [1.29, 1.82) is 0 Å². The average molecular weight is 284 g/mol. The lowest BCUT2D eigenvalue weighted by Crippen LogP contribution is -2.38. The van der Waals surface area contributed by atoms with Crippen LogP contribution in [0.5, 0.6) is 0 Å². The highest BCUT2D eigenvalue weighted by atomic mass is 32.1. The van der Waals surface area contributed by atoms with E-state index in [2.05, 4.69) is 41.4 Å². The molecule has 0 fully saturated rings. The molecule has 19 heavy (non-hydrogen) atoms. The van der Waals surface area contributed by atoms with Gasteiger partial charge < -0.3 is 15.4 Å². The highest BCUT2D eigenvalue weighted by Gasteiger charge is 2.03. The van der Waals surface area contributed by atoms with Crippen LogP contribution in [0.3, 0.4) is 0 Å². The molecule has 1 aromatic heterocycles. The van der Waals surface area contributed by atoms with Crippen LogP contribution in [0.4, 0.5) is 0 Å². The summed E-state index contributed by atoms with van der Waals surface area (Å²) >= 11 is 1.77. The number of rotatable bonds is 7. The fraction of sp³-hybridized carbons (Fsp3) is 0.692. The third kappa shape index (κ3) is 6.02. The van der Waals surface area contributed by atoms with Gasteiger partial charge in [-0.1, -0.05) is 0 Å². The van der Waals surface area contributed by atoms with E-state index in [0.29, 0.717) is 13.2 Å². The first-order chi connectivity index (χ1) is 9.17. The molecule has 108 valence electrons. The van der Waals surface area contributed by atoms with E-state index >= 15 is 0 Å². The quantitative estimate of drug-likeness (QED) is 0.453. The van der Waals surface area contributed by atoms with Gasteiger partial charge in [0.25, 0.3) is 0 Å². The lowest BCUT2D eigenvalue weighted by Gasteiger charge is -2.10. The number of guanidine groups is 1. The third-order valence-electron chi connectivity index (χ3n) is 2.61. The second-order valence-corrected chi connectivity index (χ2v) is 5.47. The molecule has 1 rings (SSSR count). The van der Waals surface area contributed by atoms with E-state index in [1.54, 1.807) is 18.4 Å². The molecule has 1 heterocycles. The fourth-order valence-electron chi connectivity index (χ4n) is 1.52. The number of hydrogen-bond donors (Lipinski definition) is 2. The van der Waals surface area contributed by atoms with E-state index in [-0.39, 0.29) is 0 Å². The molecule has 0 saturated heterocycles. The van der Waals surface area contributed by atoms with Gasteiger partial charge in [-0.25, -0.2) is 4.98 Å². The maximum Gasteiger partial charge on any atom is 0.191 e. The van der Waals surface area contributed by atoms with E-state index in [1.807, 2.05) is 0 Å². The summed E-state index contributed by atoms with van der Waals surface area (Å²) in [5.41, 5.74) is 1.14. The number of methoxy groups -OCH3 is 1. The van der Waals surface area contributed by atoms with E-state index in [9.17, 15) is 0 Å². The number of aromatic nitrogens is 1. The SMILES string of the molecule is CCNC(=NCCOC)NCCc1nc(C)c(C)s1. The van der Waals surface area contributed by atoms with Crippen LogP contribution in [0.2, 0.25) is 0 Å². The fourth-order valence-corrected chi connectivity index (χ4v) is 2.46. The van der Waals surface area contributed by atoms with Gasteiger partial charge in [0.2, 0.25) is 0 Å². The summed E-state index contributed by atoms with van der Waals surface area (Å²) in [6.45, 7) is 9.22. The second kappa shape index (κ2) is 8.87. The Labute approximate surface area is 119 Å². The van der Waals surface area contributed by atoms with Crippen LogP contribution in [0.25, 0.3) is 0 Å².